The molecule has 0 spiro atoms. The fourth-order valence-electron chi connectivity index (χ4n) is 7.66. The summed E-state index contributed by atoms with van der Waals surface area (Å²) in [5, 5.41) is 24.4. The summed E-state index contributed by atoms with van der Waals surface area (Å²) in [7, 11) is 0. The van der Waals surface area contributed by atoms with Crippen LogP contribution in [-0.2, 0) is 0 Å². The molecule has 2 nitrogen and oxygen atoms in total. The minimum atomic E-state index is -0.944. The number of hydrogen-bond donors (Lipinski definition) is 2. The van der Waals surface area contributed by atoms with Gasteiger partial charge >= 0.3 is 0 Å². The Labute approximate surface area is 206 Å². The number of fused-ring (bicyclic) bond motifs is 2. The van der Waals surface area contributed by atoms with Crippen LogP contribution in [0, 0.1) is 16.7 Å². The van der Waals surface area contributed by atoms with Gasteiger partial charge in [-0.15, -0.1) is 13.2 Å². The molecule has 2 aliphatic carbocycles. The smallest absolute Gasteiger partial charge is 0.0994 e. The predicted molar refractivity (Wildman–Crippen MR) is 143 cm³/mol. The Kier molecular flexibility index (Phi) is 11.2. The fraction of sp³-hybridized carbons (Fsp3) is 0.871. The van der Waals surface area contributed by atoms with Gasteiger partial charge in [-0.3, -0.25) is 0 Å². The molecule has 2 N–H and O–H groups in total. The summed E-state index contributed by atoms with van der Waals surface area (Å²) in [6, 6.07) is 0. The molecule has 2 heteroatoms. The van der Waals surface area contributed by atoms with Crippen molar-refractivity contribution in [3.63, 3.8) is 0 Å². The number of aliphatic hydroxyl groups is 2. The lowest BCUT2D eigenvalue weighted by Gasteiger charge is -2.52. The Morgan fingerprint density at radius 1 is 0.667 bits per heavy atom. The van der Waals surface area contributed by atoms with Gasteiger partial charge in [0.1, 0.15) is 0 Å². The third-order valence-corrected chi connectivity index (χ3v) is 10.1. The molecule has 0 aliphatic heterocycles. The van der Waals surface area contributed by atoms with Gasteiger partial charge in [0.15, 0.2) is 0 Å². The van der Waals surface area contributed by atoms with Crippen molar-refractivity contribution in [2.45, 2.75) is 154 Å². The van der Waals surface area contributed by atoms with Crippen LogP contribution in [0.25, 0.3) is 0 Å². The van der Waals surface area contributed by atoms with Gasteiger partial charge in [0.25, 0.3) is 0 Å². The van der Waals surface area contributed by atoms with Crippen LogP contribution >= 0.6 is 0 Å². The Bertz CT molecular complexity index is 596. The normalized spacial score (nSPS) is 32.3. The quantitative estimate of drug-likeness (QED) is 0.149. The van der Waals surface area contributed by atoms with E-state index in [2.05, 4.69) is 33.9 Å². The van der Waals surface area contributed by atoms with E-state index < -0.39 is 11.2 Å². The van der Waals surface area contributed by atoms with Gasteiger partial charge in [-0.25, -0.2) is 0 Å². The minimum absolute atomic E-state index is 0.00760. The van der Waals surface area contributed by atoms with Crippen LogP contribution in [0.15, 0.2) is 25.3 Å². The number of unbranched alkanes of at least 4 members (excludes halogenated alkanes) is 13. The zero-order valence-electron chi connectivity index (χ0n) is 22.5. The first-order valence-electron chi connectivity index (χ1n) is 14.4. The lowest BCUT2D eigenvalue weighted by atomic mass is 9.59. The van der Waals surface area contributed by atoms with Crippen LogP contribution in [-0.4, -0.2) is 21.4 Å². The van der Waals surface area contributed by atoms with E-state index in [1.807, 2.05) is 12.2 Å². The van der Waals surface area contributed by atoms with E-state index in [0.717, 1.165) is 51.4 Å². The standard InChI is InChI=1S/C31H56O2/c1-6-8-10-12-14-16-18-20-22-25-31(33)29(5)26-23-27(28(29,3)4)30(31,32)24-21-19-17-15-13-11-9-7-2/h6-7,27,32-33H,1-2,8-26H2,3-5H3/t27-,29-,30-,31-/m0/s1. The zero-order valence-corrected chi connectivity index (χ0v) is 22.5. The van der Waals surface area contributed by atoms with Gasteiger partial charge in [0.05, 0.1) is 11.2 Å². The van der Waals surface area contributed by atoms with E-state index in [4.69, 9.17) is 0 Å². The molecule has 0 unspecified atom stereocenters. The highest BCUT2D eigenvalue weighted by atomic mass is 16.4. The first-order valence-corrected chi connectivity index (χ1v) is 14.4. The molecular weight excluding hydrogens is 404 g/mol. The Balaban J connectivity index is 1.87. The molecule has 2 saturated carbocycles. The average Bonchev–Trinajstić information content (AvgIpc) is 3.07. The first kappa shape index (κ1) is 28.6. The van der Waals surface area contributed by atoms with Crippen molar-refractivity contribution < 1.29 is 10.2 Å². The van der Waals surface area contributed by atoms with E-state index in [-0.39, 0.29) is 16.7 Å². The lowest BCUT2D eigenvalue weighted by Crippen LogP contribution is -2.61. The van der Waals surface area contributed by atoms with Crippen LogP contribution in [0.2, 0.25) is 0 Å². The predicted octanol–water partition coefficient (Wildman–Crippen LogP) is 8.91. The van der Waals surface area contributed by atoms with E-state index >= 15 is 0 Å². The van der Waals surface area contributed by atoms with Crippen LogP contribution in [0.5, 0.6) is 0 Å². The molecule has 4 atom stereocenters. The lowest BCUT2D eigenvalue weighted by molar-refractivity contribution is -0.214. The molecule has 0 saturated heterocycles. The van der Waals surface area contributed by atoms with Gasteiger partial charge in [-0.1, -0.05) is 104 Å². The summed E-state index contributed by atoms with van der Waals surface area (Å²) in [6.07, 6.45) is 25.8. The second-order valence-corrected chi connectivity index (χ2v) is 12.2. The number of hydrogen-bond acceptors (Lipinski definition) is 2. The number of rotatable bonds is 19. The molecule has 0 heterocycles. The van der Waals surface area contributed by atoms with Crippen molar-refractivity contribution in [3.05, 3.63) is 25.3 Å². The molecule has 0 radical (unpaired) electrons. The molecule has 192 valence electrons. The van der Waals surface area contributed by atoms with Crippen LogP contribution in [0.4, 0.5) is 0 Å². The minimum Gasteiger partial charge on any atom is -0.387 e. The van der Waals surface area contributed by atoms with Crippen LogP contribution in [0.1, 0.15) is 143 Å². The molecule has 0 aromatic carbocycles. The van der Waals surface area contributed by atoms with Crippen molar-refractivity contribution in [2.24, 2.45) is 16.7 Å². The Morgan fingerprint density at radius 2 is 1.09 bits per heavy atom. The maximum absolute atomic E-state index is 12.2. The summed E-state index contributed by atoms with van der Waals surface area (Å²) in [5.74, 6) is 0.220. The summed E-state index contributed by atoms with van der Waals surface area (Å²) >= 11 is 0. The molecule has 2 fully saturated rings. The van der Waals surface area contributed by atoms with Crippen LogP contribution in [0.3, 0.4) is 0 Å². The van der Waals surface area contributed by atoms with Crippen molar-refractivity contribution in [3.8, 4) is 0 Å². The molecule has 0 amide bonds. The Hall–Kier alpha value is -0.600. The van der Waals surface area contributed by atoms with Gasteiger partial charge in [-0.2, -0.15) is 0 Å². The van der Waals surface area contributed by atoms with Crippen molar-refractivity contribution in [1.82, 2.24) is 0 Å². The second-order valence-electron chi connectivity index (χ2n) is 12.2. The topological polar surface area (TPSA) is 40.5 Å². The molecule has 0 aromatic rings. The molecule has 0 aromatic heterocycles. The van der Waals surface area contributed by atoms with Crippen molar-refractivity contribution in [1.29, 1.82) is 0 Å². The third-order valence-electron chi connectivity index (χ3n) is 10.1. The van der Waals surface area contributed by atoms with E-state index in [1.54, 1.807) is 0 Å². The fourth-order valence-corrected chi connectivity index (χ4v) is 7.66. The maximum atomic E-state index is 12.2. The summed E-state index contributed by atoms with van der Waals surface area (Å²) in [4.78, 5) is 0. The van der Waals surface area contributed by atoms with Gasteiger partial charge in [0.2, 0.25) is 0 Å². The highest BCUT2D eigenvalue weighted by Gasteiger charge is 2.78. The molecule has 2 rings (SSSR count). The average molecular weight is 461 g/mol. The maximum Gasteiger partial charge on any atom is 0.0994 e. The SMILES string of the molecule is C=CCCCCCCCCC[C@]1(O)[C@@]2(C)CC[C@@H](C2(C)C)[C@@]1(O)CCCCCCCCC=C. The molecule has 33 heavy (non-hydrogen) atoms. The highest BCUT2D eigenvalue weighted by Crippen LogP contribution is 2.75. The largest absolute Gasteiger partial charge is 0.387 e. The van der Waals surface area contributed by atoms with E-state index in [1.165, 1.54) is 70.6 Å². The number of allylic oxidation sites excluding steroid dienone is 2. The van der Waals surface area contributed by atoms with Crippen LogP contribution < -0.4 is 0 Å². The van der Waals surface area contributed by atoms with Crippen molar-refractivity contribution in [2.75, 3.05) is 0 Å². The monoisotopic (exact) mass is 460 g/mol. The van der Waals surface area contributed by atoms with Gasteiger partial charge in [0, 0.05) is 5.41 Å². The molecular formula is C31H56O2. The second kappa shape index (κ2) is 12.9. The molecule has 2 aliphatic rings. The first-order chi connectivity index (χ1) is 15.7. The summed E-state index contributed by atoms with van der Waals surface area (Å²) in [6.45, 7) is 14.5. The van der Waals surface area contributed by atoms with Crippen molar-refractivity contribution >= 4 is 0 Å². The summed E-state index contributed by atoms with van der Waals surface area (Å²) < 4.78 is 0. The Morgan fingerprint density at radius 3 is 1.58 bits per heavy atom. The summed E-state index contributed by atoms with van der Waals surface area (Å²) in [5.41, 5.74) is -2.06. The molecule has 2 bridgehead atoms. The van der Waals surface area contributed by atoms with Gasteiger partial charge < -0.3 is 10.2 Å². The van der Waals surface area contributed by atoms with E-state index in [0.29, 0.717) is 0 Å². The van der Waals surface area contributed by atoms with Gasteiger partial charge in [-0.05, 0) is 62.7 Å². The highest BCUT2D eigenvalue weighted by molar-refractivity contribution is 5.28. The third kappa shape index (κ3) is 5.97. The zero-order chi connectivity index (χ0) is 24.4. The van der Waals surface area contributed by atoms with E-state index in [9.17, 15) is 10.2 Å².